The smallest absolute Gasteiger partial charge is 0.290 e. The molecule has 0 spiro atoms. The van der Waals surface area contributed by atoms with Gasteiger partial charge in [-0.1, -0.05) is 41.6 Å². The van der Waals surface area contributed by atoms with Crippen molar-refractivity contribution < 1.29 is 9.32 Å². The summed E-state index contributed by atoms with van der Waals surface area (Å²) in [5.74, 6) is -0.111. The highest BCUT2D eigenvalue weighted by Crippen LogP contribution is 2.25. The van der Waals surface area contributed by atoms with Crippen molar-refractivity contribution >= 4 is 16.9 Å². The fourth-order valence-corrected chi connectivity index (χ4v) is 2.81. The molecule has 6 nitrogen and oxygen atoms in total. The van der Waals surface area contributed by atoms with Crippen molar-refractivity contribution in [2.45, 2.75) is 13.0 Å². The number of aryl methyl sites for hydroxylation is 1. The molecule has 25 heavy (non-hydrogen) atoms. The highest BCUT2D eigenvalue weighted by molar-refractivity contribution is 5.92. The third-order valence-electron chi connectivity index (χ3n) is 4.04. The SMILES string of the molecule is Cc1cc(C(=O)NC(c2ccccc2)c2ccc3nc[nH]c3c2)on1. The lowest BCUT2D eigenvalue weighted by Crippen LogP contribution is -2.29. The molecule has 0 saturated heterocycles. The topological polar surface area (TPSA) is 83.8 Å². The minimum atomic E-state index is -0.313. The van der Waals surface area contributed by atoms with Crippen LogP contribution in [0.5, 0.6) is 0 Å². The number of hydrogen-bond donors (Lipinski definition) is 2. The summed E-state index contributed by atoms with van der Waals surface area (Å²) in [5.41, 5.74) is 4.40. The van der Waals surface area contributed by atoms with Crippen molar-refractivity contribution in [2.75, 3.05) is 0 Å². The molecular weight excluding hydrogens is 316 g/mol. The number of H-pyrrole nitrogens is 1. The number of carbonyl (C=O) groups excluding carboxylic acids is 1. The van der Waals surface area contributed by atoms with Crippen LogP contribution in [-0.2, 0) is 0 Å². The molecule has 124 valence electrons. The van der Waals surface area contributed by atoms with Gasteiger partial charge in [-0.25, -0.2) is 4.98 Å². The molecule has 2 N–H and O–H groups in total. The normalized spacial score (nSPS) is 12.2. The molecule has 2 aromatic heterocycles. The second-order valence-corrected chi connectivity index (χ2v) is 5.83. The fraction of sp³-hybridized carbons (Fsp3) is 0.105. The molecule has 0 fully saturated rings. The zero-order chi connectivity index (χ0) is 17.2. The van der Waals surface area contributed by atoms with Gasteiger partial charge in [0.05, 0.1) is 29.1 Å². The van der Waals surface area contributed by atoms with Crippen LogP contribution in [0.2, 0.25) is 0 Å². The Morgan fingerprint density at radius 1 is 1.12 bits per heavy atom. The molecule has 0 saturated carbocycles. The molecule has 0 aliphatic rings. The van der Waals surface area contributed by atoms with Crippen LogP contribution in [0.15, 0.2) is 65.4 Å². The molecular formula is C19H16N4O2. The maximum absolute atomic E-state index is 12.6. The number of benzene rings is 2. The van der Waals surface area contributed by atoms with E-state index in [1.165, 1.54) is 0 Å². The number of nitrogens with one attached hydrogen (secondary N) is 2. The van der Waals surface area contributed by atoms with Crippen molar-refractivity contribution in [1.82, 2.24) is 20.4 Å². The molecule has 6 heteroatoms. The Hall–Kier alpha value is -3.41. The Bertz CT molecular complexity index is 1020. The van der Waals surface area contributed by atoms with E-state index in [0.29, 0.717) is 5.69 Å². The van der Waals surface area contributed by atoms with Gasteiger partial charge in [-0.3, -0.25) is 4.79 Å². The largest absolute Gasteiger partial charge is 0.351 e. The first kappa shape index (κ1) is 15.1. The van der Waals surface area contributed by atoms with Crippen LogP contribution in [0.25, 0.3) is 11.0 Å². The van der Waals surface area contributed by atoms with Crippen LogP contribution in [0.1, 0.15) is 33.4 Å². The summed E-state index contributed by atoms with van der Waals surface area (Å²) in [7, 11) is 0. The van der Waals surface area contributed by atoms with E-state index in [2.05, 4.69) is 20.4 Å². The molecule has 2 aromatic carbocycles. The molecule has 4 rings (SSSR count). The summed E-state index contributed by atoms with van der Waals surface area (Å²) in [4.78, 5) is 19.9. The predicted molar refractivity (Wildman–Crippen MR) is 93.1 cm³/mol. The molecule has 0 aliphatic carbocycles. The van der Waals surface area contributed by atoms with Crippen molar-refractivity contribution in [2.24, 2.45) is 0 Å². The van der Waals surface area contributed by atoms with Gasteiger partial charge in [0, 0.05) is 6.07 Å². The molecule has 0 radical (unpaired) electrons. The van der Waals surface area contributed by atoms with Gasteiger partial charge >= 0.3 is 0 Å². The highest BCUT2D eigenvalue weighted by atomic mass is 16.5. The maximum atomic E-state index is 12.6. The van der Waals surface area contributed by atoms with Crippen molar-refractivity contribution in [3.8, 4) is 0 Å². The van der Waals surface area contributed by atoms with Crippen LogP contribution in [0, 0.1) is 6.92 Å². The summed E-state index contributed by atoms with van der Waals surface area (Å²) >= 11 is 0. The number of aromatic nitrogens is 3. The predicted octanol–water partition coefficient (Wildman–Crippen LogP) is 3.38. The number of rotatable bonds is 4. The van der Waals surface area contributed by atoms with Gasteiger partial charge in [-0.15, -0.1) is 0 Å². The zero-order valence-electron chi connectivity index (χ0n) is 13.6. The third kappa shape index (κ3) is 3.01. The van der Waals surface area contributed by atoms with E-state index in [1.807, 2.05) is 48.5 Å². The Kier molecular flexibility index (Phi) is 3.78. The van der Waals surface area contributed by atoms with Crippen LogP contribution in [0.3, 0.4) is 0 Å². The Labute approximate surface area is 143 Å². The van der Waals surface area contributed by atoms with Crippen molar-refractivity contribution in [1.29, 1.82) is 0 Å². The van der Waals surface area contributed by atoms with Gasteiger partial charge in [0.15, 0.2) is 0 Å². The van der Waals surface area contributed by atoms with E-state index in [0.717, 1.165) is 22.2 Å². The monoisotopic (exact) mass is 332 g/mol. The number of imidazole rings is 1. The average molecular weight is 332 g/mol. The molecule has 0 aliphatic heterocycles. The Balaban J connectivity index is 1.72. The summed E-state index contributed by atoms with van der Waals surface area (Å²) in [6.45, 7) is 1.78. The summed E-state index contributed by atoms with van der Waals surface area (Å²) in [6, 6.07) is 17.0. The summed E-state index contributed by atoms with van der Waals surface area (Å²) in [6.07, 6.45) is 1.65. The number of hydrogen-bond acceptors (Lipinski definition) is 4. The van der Waals surface area contributed by atoms with Gasteiger partial charge in [-0.2, -0.15) is 0 Å². The van der Waals surface area contributed by atoms with Gasteiger partial charge in [0.25, 0.3) is 5.91 Å². The molecule has 4 aromatic rings. The Morgan fingerprint density at radius 3 is 2.72 bits per heavy atom. The van der Waals surface area contributed by atoms with Crippen LogP contribution < -0.4 is 5.32 Å². The second kappa shape index (κ2) is 6.24. The highest BCUT2D eigenvalue weighted by Gasteiger charge is 2.20. The van der Waals surface area contributed by atoms with Crippen LogP contribution in [-0.4, -0.2) is 21.0 Å². The number of nitrogens with zero attached hydrogens (tertiary/aromatic N) is 2. The third-order valence-corrected chi connectivity index (χ3v) is 4.04. The van der Waals surface area contributed by atoms with Crippen molar-refractivity contribution in [3.05, 3.63) is 83.5 Å². The molecule has 2 heterocycles. The van der Waals surface area contributed by atoms with E-state index in [9.17, 15) is 4.79 Å². The minimum Gasteiger partial charge on any atom is -0.351 e. The molecule has 1 atom stereocenters. The minimum absolute atomic E-state index is 0.195. The first-order chi connectivity index (χ1) is 12.2. The van der Waals surface area contributed by atoms with Gasteiger partial charge in [-0.05, 0) is 30.2 Å². The number of amides is 1. The fourth-order valence-electron chi connectivity index (χ4n) is 2.81. The number of fused-ring (bicyclic) bond motifs is 1. The van der Waals surface area contributed by atoms with E-state index in [-0.39, 0.29) is 17.7 Å². The number of aromatic amines is 1. The zero-order valence-corrected chi connectivity index (χ0v) is 13.6. The second-order valence-electron chi connectivity index (χ2n) is 5.83. The van der Waals surface area contributed by atoms with E-state index in [4.69, 9.17) is 4.52 Å². The lowest BCUT2D eigenvalue weighted by Gasteiger charge is -2.19. The lowest BCUT2D eigenvalue weighted by molar-refractivity contribution is 0.0905. The van der Waals surface area contributed by atoms with E-state index < -0.39 is 0 Å². The summed E-state index contributed by atoms with van der Waals surface area (Å²) < 4.78 is 5.08. The van der Waals surface area contributed by atoms with Gasteiger partial charge in [0.2, 0.25) is 5.76 Å². The van der Waals surface area contributed by atoms with E-state index >= 15 is 0 Å². The van der Waals surface area contributed by atoms with E-state index in [1.54, 1.807) is 19.3 Å². The van der Waals surface area contributed by atoms with Crippen molar-refractivity contribution in [3.63, 3.8) is 0 Å². The molecule has 1 amide bonds. The number of carbonyl (C=O) groups is 1. The molecule has 1 unspecified atom stereocenters. The lowest BCUT2D eigenvalue weighted by atomic mass is 9.98. The van der Waals surface area contributed by atoms with Gasteiger partial charge in [0.1, 0.15) is 0 Å². The van der Waals surface area contributed by atoms with Gasteiger partial charge < -0.3 is 14.8 Å². The first-order valence-corrected chi connectivity index (χ1v) is 7.93. The van der Waals surface area contributed by atoms with Crippen LogP contribution in [0.4, 0.5) is 0 Å². The maximum Gasteiger partial charge on any atom is 0.290 e. The quantitative estimate of drug-likeness (QED) is 0.600. The van der Waals surface area contributed by atoms with Crippen LogP contribution >= 0.6 is 0 Å². The standard InChI is InChI=1S/C19H16N4O2/c1-12-9-17(25-23-12)19(24)22-18(13-5-3-2-4-6-13)14-7-8-15-16(10-14)21-11-20-15/h2-11,18H,1H3,(H,20,21)(H,22,24). The first-order valence-electron chi connectivity index (χ1n) is 7.93. The average Bonchev–Trinajstić information content (AvgIpc) is 3.28. The Morgan fingerprint density at radius 2 is 1.96 bits per heavy atom. The molecule has 0 bridgehead atoms. The summed E-state index contributed by atoms with van der Waals surface area (Å²) in [5, 5.41) is 6.80.